The maximum Gasteiger partial charge on any atom is 0.0708 e. The van der Waals surface area contributed by atoms with Crippen LogP contribution in [0.25, 0.3) is 33.5 Å². The van der Waals surface area contributed by atoms with Gasteiger partial charge >= 0.3 is 0 Å². The summed E-state index contributed by atoms with van der Waals surface area (Å²) in [5, 5.41) is 0. The Bertz CT molecular complexity index is 992. The molecule has 0 fully saturated rings. The van der Waals surface area contributed by atoms with Crippen LogP contribution in [0.4, 0.5) is 0 Å². The molecular weight excluding hydrogens is 370 g/mol. The summed E-state index contributed by atoms with van der Waals surface area (Å²) >= 11 is 3.53. The molecule has 25 heavy (non-hydrogen) atoms. The van der Waals surface area contributed by atoms with Crippen LogP contribution in [-0.4, -0.2) is 4.98 Å². The smallest absolute Gasteiger partial charge is 0.0708 e. The average Bonchev–Trinajstić information content (AvgIpc) is 2.69. The van der Waals surface area contributed by atoms with Gasteiger partial charge in [0.1, 0.15) is 0 Å². The maximum atomic E-state index is 4.52. The van der Waals surface area contributed by atoms with Gasteiger partial charge in [0, 0.05) is 16.2 Å². The van der Waals surface area contributed by atoms with Gasteiger partial charge in [0.25, 0.3) is 0 Å². The number of hydrogen-bond acceptors (Lipinski definition) is 1. The first-order valence-corrected chi connectivity index (χ1v) is 8.97. The van der Waals surface area contributed by atoms with Crippen LogP contribution >= 0.6 is 15.9 Å². The lowest BCUT2D eigenvalue weighted by Crippen LogP contribution is -1.86. The molecule has 1 aromatic heterocycles. The zero-order chi connectivity index (χ0) is 17.1. The van der Waals surface area contributed by atoms with E-state index in [0.717, 1.165) is 15.7 Å². The minimum Gasteiger partial charge on any atom is -0.256 e. The van der Waals surface area contributed by atoms with Crippen molar-refractivity contribution in [2.24, 2.45) is 0 Å². The van der Waals surface area contributed by atoms with E-state index < -0.39 is 0 Å². The average molecular weight is 386 g/mol. The number of hydrogen-bond donors (Lipinski definition) is 0. The molecule has 0 saturated heterocycles. The summed E-state index contributed by atoms with van der Waals surface area (Å²) in [6.45, 7) is 0. The van der Waals surface area contributed by atoms with Gasteiger partial charge in [-0.2, -0.15) is 0 Å². The predicted octanol–water partition coefficient (Wildman–Crippen LogP) is 6.85. The molecule has 4 rings (SSSR count). The minimum absolute atomic E-state index is 0.978. The molecule has 0 spiro atoms. The first kappa shape index (κ1) is 15.8. The van der Waals surface area contributed by atoms with Gasteiger partial charge in [-0.25, -0.2) is 0 Å². The molecule has 1 nitrogen and oxygen atoms in total. The molecule has 0 aliphatic rings. The number of benzene rings is 3. The molecule has 0 N–H and O–H groups in total. The van der Waals surface area contributed by atoms with Crippen molar-refractivity contribution in [2.75, 3.05) is 0 Å². The fraction of sp³-hybridized carbons (Fsp3) is 0. The maximum absolute atomic E-state index is 4.52. The number of rotatable bonds is 3. The predicted molar refractivity (Wildman–Crippen MR) is 108 cm³/mol. The van der Waals surface area contributed by atoms with E-state index in [1.54, 1.807) is 0 Å². The Morgan fingerprint density at radius 1 is 0.520 bits per heavy atom. The number of pyridine rings is 1. The summed E-state index contributed by atoms with van der Waals surface area (Å²) in [4.78, 5) is 4.52. The molecule has 0 atom stereocenters. The lowest BCUT2D eigenvalue weighted by Gasteiger charge is -2.07. The van der Waals surface area contributed by atoms with Crippen molar-refractivity contribution in [3.05, 3.63) is 102 Å². The second-order valence-corrected chi connectivity index (χ2v) is 6.80. The van der Waals surface area contributed by atoms with Crippen LogP contribution in [-0.2, 0) is 0 Å². The van der Waals surface area contributed by atoms with Crippen LogP contribution in [0, 0.1) is 0 Å². The topological polar surface area (TPSA) is 12.9 Å². The van der Waals surface area contributed by atoms with E-state index in [4.69, 9.17) is 0 Å². The second kappa shape index (κ2) is 7.04. The third-order valence-electron chi connectivity index (χ3n) is 4.21. The first-order chi connectivity index (χ1) is 12.3. The molecule has 0 radical (unpaired) electrons. The van der Waals surface area contributed by atoms with Gasteiger partial charge < -0.3 is 0 Å². The molecule has 4 aromatic rings. The van der Waals surface area contributed by atoms with Gasteiger partial charge in [0.15, 0.2) is 0 Å². The molecular formula is C23H16BrN. The molecule has 0 bridgehead atoms. The van der Waals surface area contributed by atoms with E-state index in [1.165, 1.54) is 22.3 Å². The van der Waals surface area contributed by atoms with Crippen LogP contribution in [0.1, 0.15) is 0 Å². The van der Waals surface area contributed by atoms with Crippen molar-refractivity contribution < 1.29 is 0 Å². The Kier molecular flexibility index (Phi) is 4.45. The zero-order valence-electron chi connectivity index (χ0n) is 13.6. The Balaban J connectivity index is 1.67. The molecule has 3 aromatic carbocycles. The van der Waals surface area contributed by atoms with Gasteiger partial charge in [-0.3, -0.25) is 4.98 Å². The van der Waals surface area contributed by atoms with Crippen molar-refractivity contribution in [3.8, 4) is 33.5 Å². The number of halogens is 1. The SMILES string of the molecule is Brc1cccc(-c2cc(-c3ccc(-c4ccccc4)cc3)ccn2)c1. The van der Waals surface area contributed by atoms with Crippen LogP contribution in [0.15, 0.2) is 102 Å². The van der Waals surface area contributed by atoms with E-state index >= 15 is 0 Å². The molecule has 0 unspecified atom stereocenters. The highest BCUT2D eigenvalue weighted by molar-refractivity contribution is 9.10. The molecule has 2 heteroatoms. The quantitative estimate of drug-likeness (QED) is 0.375. The standard InChI is InChI=1S/C23H16BrN/c24-22-8-4-7-21(15-22)23-16-20(13-14-25-23)19-11-9-18(10-12-19)17-5-2-1-3-6-17/h1-16H. The summed E-state index contributed by atoms with van der Waals surface area (Å²) in [6.07, 6.45) is 1.87. The molecule has 0 aliphatic carbocycles. The fourth-order valence-corrected chi connectivity index (χ4v) is 3.30. The van der Waals surface area contributed by atoms with Crippen LogP contribution in [0.2, 0.25) is 0 Å². The Morgan fingerprint density at radius 3 is 1.88 bits per heavy atom. The van der Waals surface area contributed by atoms with Crippen molar-refractivity contribution in [3.63, 3.8) is 0 Å². The summed E-state index contributed by atoms with van der Waals surface area (Å²) < 4.78 is 1.06. The lowest BCUT2D eigenvalue weighted by molar-refractivity contribution is 1.32. The van der Waals surface area contributed by atoms with Crippen LogP contribution in [0.3, 0.4) is 0 Å². The summed E-state index contributed by atoms with van der Waals surface area (Å²) in [5.74, 6) is 0. The van der Waals surface area contributed by atoms with E-state index in [0.29, 0.717) is 0 Å². The van der Waals surface area contributed by atoms with E-state index in [2.05, 4.69) is 93.7 Å². The van der Waals surface area contributed by atoms with Gasteiger partial charge in [0.2, 0.25) is 0 Å². The Labute approximate surface area is 156 Å². The minimum atomic E-state index is 0.978. The Morgan fingerprint density at radius 2 is 1.16 bits per heavy atom. The van der Waals surface area contributed by atoms with Crippen LogP contribution < -0.4 is 0 Å². The first-order valence-electron chi connectivity index (χ1n) is 8.17. The van der Waals surface area contributed by atoms with Gasteiger partial charge in [0.05, 0.1) is 5.69 Å². The van der Waals surface area contributed by atoms with E-state index in [9.17, 15) is 0 Å². The monoisotopic (exact) mass is 385 g/mol. The highest BCUT2D eigenvalue weighted by Crippen LogP contribution is 2.28. The lowest BCUT2D eigenvalue weighted by atomic mass is 10.00. The van der Waals surface area contributed by atoms with Gasteiger partial charge in [-0.05, 0) is 46.5 Å². The normalized spacial score (nSPS) is 10.6. The highest BCUT2D eigenvalue weighted by Gasteiger charge is 2.04. The van der Waals surface area contributed by atoms with Gasteiger partial charge in [-0.1, -0.05) is 82.7 Å². The third-order valence-corrected chi connectivity index (χ3v) is 4.70. The molecule has 0 saturated carbocycles. The van der Waals surface area contributed by atoms with E-state index in [-0.39, 0.29) is 0 Å². The summed E-state index contributed by atoms with van der Waals surface area (Å²) in [5.41, 5.74) is 6.91. The molecule has 120 valence electrons. The number of aromatic nitrogens is 1. The molecule has 1 heterocycles. The Hall–Kier alpha value is -2.71. The summed E-state index contributed by atoms with van der Waals surface area (Å²) in [7, 11) is 0. The third kappa shape index (κ3) is 3.54. The van der Waals surface area contributed by atoms with Gasteiger partial charge in [-0.15, -0.1) is 0 Å². The zero-order valence-corrected chi connectivity index (χ0v) is 15.1. The largest absolute Gasteiger partial charge is 0.256 e. The second-order valence-electron chi connectivity index (χ2n) is 5.88. The fourth-order valence-electron chi connectivity index (χ4n) is 2.90. The van der Waals surface area contributed by atoms with Crippen molar-refractivity contribution in [2.45, 2.75) is 0 Å². The van der Waals surface area contributed by atoms with Crippen molar-refractivity contribution in [1.29, 1.82) is 0 Å². The number of nitrogens with zero attached hydrogens (tertiary/aromatic N) is 1. The molecule has 0 aliphatic heterocycles. The summed E-state index contributed by atoms with van der Waals surface area (Å²) in [6, 6.07) is 31.5. The van der Waals surface area contributed by atoms with Crippen LogP contribution in [0.5, 0.6) is 0 Å². The van der Waals surface area contributed by atoms with E-state index in [1.807, 2.05) is 24.4 Å². The van der Waals surface area contributed by atoms with Crippen molar-refractivity contribution in [1.82, 2.24) is 4.98 Å². The van der Waals surface area contributed by atoms with Crippen molar-refractivity contribution >= 4 is 15.9 Å². The highest BCUT2D eigenvalue weighted by atomic mass is 79.9. The molecule has 0 amide bonds.